The van der Waals surface area contributed by atoms with Gasteiger partial charge in [0.2, 0.25) is 0 Å². The highest BCUT2D eigenvalue weighted by molar-refractivity contribution is 6.31. The molecule has 1 aromatic heterocycles. The molecule has 4 nitrogen and oxygen atoms in total. The minimum absolute atomic E-state index is 0.00135. The lowest BCUT2D eigenvalue weighted by molar-refractivity contribution is -0.137. The molecule has 1 aromatic carbocycles. The van der Waals surface area contributed by atoms with Gasteiger partial charge in [0, 0.05) is 59.9 Å². The van der Waals surface area contributed by atoms with E-state index in [0.29, 0.717) is 10.6 Å². The van der Waals surface area contributed by atoms with Crippen LogP contribution in [-0.4, -0.2) is 21.4 Å². The Balaban J connectivity index is 2.16. The van der Waals surface area contributed by atoms with Crippen molar-refractivity contribution in [2.75, 3.05) is 0 Å². The van der Waals surface area contributed by atoms with Gasteiger partial charge >= 0.3 is 5.97 Å². The number of fused-ring (bicyclic) bond motifs is 1. The summed E-state index contributed by atoms with van der Waals surface area (Å²) in [5, 5.41) is 10.5. The molecule has 0 bridgehead atoms. The molecular formula is C25H32ClNO3. The first kappa shape index (κ1) is 24.0. The first-order chi connectivity index (χ1) is 14.3. The molecule has 162 valence electrons. The summed E-state index contributed by atoms with van der Waals surface area (Å²) in [5.41, 5.74) is 2.71. The van der Waals surface area contributed by atoms with E-state index < -0.39 is 5.97 Å². The van der Waals surface area contributed by atoms with Crippen molar-refractivity contribution < 1.29 is 14.7 Å². The van der Waals surface area contributed by atoms with Crippen molar-refractivity contribution in [2.45, 2.75) is 71.6 Å². The maximum absolute atomic E-state index is 13.2. The zero-order valence-corrected chi connectivity index (χ0v) is 19.0. The van der Waals surface area contributed by atoms with Crippen LogP contribution in [0.15, 0.2) is 18.2 Å². The molecule has 0 aliphatic rings. The van der Waals surface area contributed by atoms with Crippen LogP contribution >= 0.6 is 11.6 Å². The Morgan fingerprint density at radius 1 is 1.13 bits per heavy atom. The molecule has 0 aliphatic carbocycles. The van der Waals surface area contributed by atoms with Crippen LogP contribution in [0.1, 0.15) is 81.3 Å². The van der Waals surface area contributed by atoms with Gasteiger partial charge in [-0.1, -0.05) is 38.3 Å². The Hall–Kier alpha value is -2.25. The van der Waals surface area contributed by atoms with Crippen LogP contribution in [0.4, 0.5) is 0 Å². The minimum atomic E-state index is -0.875. The predicted molar refractivity (Wildman–Crippen MR) is 123 cm³/mol. The monoisotopic (exact) mass is 429 g/mol. The molecule has 0 unspecified atom stereocenters. The number of rotatable bonds is 11. The van der Waals surface area contributed by atoms with Gasteiger partial charge in [0.05, 0.1) is 0 Å². The number of carbonyl (C=O) groups excluding carboxylic acids is 1. The molecule has 0 radical (unpaired) electrons. The summed E-state index contributed by atoms with van der Waals surface area (Å²) in [6.07, 6.45) is 7.23. The van der Waals surface area contributed by atoms with Crippen LogP contribution in [0, 0.1) is 17.8 Å². The number of Topliss-reactive ketones (excluding diaryl/α,β-unsaturated/α-hetero) is 1. The van der Waals surface area contributed by atoms with Crippen molar-refractivity contribution >= 4 is 34.3 Å². The van der Waals surface area contributed by atoms with Gasteiger partial charge in [-0.05, 0) is 43.4 Å². The lowest BCUT2D eigenvalue weighted by Gasteiger charge is -2.10. The van der Waals surface area contributed by atoms with Gasteiger partial charge in [-0.2, -0.15) is 0 Å². The Labute approximate surface area is 184 Å². The van der Waals surface area contributed by atoms with Crippen molar-refractivity contribution in [1.82, 2.24) is 4.57 Å². The number of hydrogen-bond acceptors (Lipinski definition) is 2. The van der Waals surface area contributed by atoms with E-state index in [0.717, 1.165) is 61.5 Å². The van der Waals surface area contributed by atoms with Gasteiger partial charge in [-0.3, -0.25) is 9.59 Å². The molecule has 0 fully saturated rings. The first-order valence-electron chi connectivity index (χ1n) is 10.8. The van der Waals surface area contributed by atoms with Crippen molar-refractivity contribution in [3.8, 4) is 11.8 Å². The lowest BCUT2D eigenvalue weighted by atomic mass is 9.94. The second kappa shape index (κ2) is 11.8. The molecule has 1 heterocycles. The van der Waals surface area contributed by atoms with Gasteiger partial charge < -0.3 is 9.67 Å². The number of aliphatic carboxylic acids is 1. The highest BCUT2D eigenvalue weighted by Crippen LogP contribution is 2.31. The second-order valence-electron chi connectivity index (χ2n) is 7.99. The summed E-state index contributed by atoms with van der Waals surface area (Å²) in [4.78, 5) is 24.2. The molecule has 1 N–H and O–H groups in total. The van der Waals surface area contributed by atoms with Crippen LogP contribution in [0.3, 0.4) is 0 Å². The first-order valence-corrected chi connectivity index (χ1v) is 11.2. The van der Waals surface area contributed by atoms with Gasteiger partial charge in [0.25, 0.3) is 0 Å². The van der Waals surface area contributed by atoms with E-state index in [1.807, 2.05) is 32.2 Å². The molecule has 0 saturated heterocycles. The van der Waals surface area contributed by atoms with Crippen LogP contribution < -0.4 is 0 Å². The summed E-state index contributed by atoms with van der Waals surface area (Å²) in [6.45, 7) is 3.87. The van der Waals surface area contributed by atoms with E-state index in [9.17, 15) is 9.59 Å². The van der Waals surface area contributed by atoms with Crippen molar-refractivity contribution in [3.63, 3.8) is 0 Å². The smallest absolute Gasteiger partial charge is 0.303 e. The molecule has 0 spiro atoms. The Bertz CT molecular complexity index is 949. The maximum atomic E-state index is 13.2. The van der Waals surface area contributed by atoms with E-state index in [4.69, 9.17) is 16.7 Å². The lowest BCUT2D eigenvalue weighted by Crippen LogP contribution is -2.12. The number of carbonyl (C=O) groups is 2. The quantitative estimate of drug-likeness (QED) is 0.254. The molecule has 1 atom stereocenters. The van der Waals surface area contributed by atoms with Gasteiger partial charge in [0.15, 0.2) is 5.78 Å². The highest BCUT2D eigenvalue weighted by atomic mass is 35.5. The zero-order valence-electron chi connectivity index (χ0n) is 18.3. The minimum Gasteiger partial charge on any atom is -0.481 e. The molecule has 2 aromatic rings. The average molecular weight is 430 g/mol. The van der Waals surface area contributed by atoms with Gasteiger partial charge in [-0.15, -0.1) is 11.8 Å². The molecule has 0 saturated carbocycles. The molecule has 30 heavy (non-hydrogen) atoms. The van der Waals surface area contributed by atoms with E-state index in [2.05, 4.69) is 23.3 Å². The van der Waals surface area contributed by atoms with E-state index >= 15 is 0 Å². The van der Waals surface area contributed by atoms with E-state index in [1.165, 1.54) is 0 Å². The number of nitrogens with zero attached hydrogens (tertiary/aromatic N) is 1. The molecular weight excluding hydrogens is 398 g/mol. The van der Waals surface area contributed by atoms with Gasteiger partial charge in [0.1, 0.15) is 0 Å². The van der Waals surface area contributed by atoms with Crippen molar-refractivity contribution in [2.24, 2.45) is 13.0 Å². The Morgan fingerprint density at radius 2 is 1.87 bits per heavy atom. The molecule has 5 heteroatoms. The number of aromatic nitrogens is 1. The van der Waals surface area contributed by atoms with Crippen molar-refractivity contribution in [3.05, 3.63) is 34.5 Å². The largest absolute Gasteiger partial charge is 0.481 e. The Morgan fingerprint density at radius 3 is 2.57 bits per heavy atom. The summed E-state index contributed by atoms with van der Waals surface area (Å²) in [7, 11) is 1.99. The second-order valence-corrected chi connectivity index (χ2v) is 8.43. The number of benzene rings is 1. The van der Waals surface area contributed by atoms with Gasteiger partial charge in [-0.25, -0.2) is 0 Å². The topological polar surface area (TPSA) is 59.3 Å². The fraction of sp³-hybridized carbons (Fsp3) is 0.520. The highest BCUT2D eigenvalue weighted by Gasteiger charge is 2.23. The number of aryl methyl sites for hydroxylation is 1. The van der Waals surface area contributed by atoms with Crippen LogP contribution in [0.2, 0.25) is 5.02 Å². The number of ketones is 1. The summed E-state index contributed by atoms with van der Waals surface area (Å²) in [5.74, 6) is 5.20. The third-order valence-electron chi connectivity index (χ3n) is 5.39. The Kier molecular flexibility index (Phi) is 9.46. The fourth-order valence-electron chi connectivity index (χ4n) is 3.93. The van der Waals surface area contributed by atoms with Crippen LogP contribution in [0.5, 0.6) is 0 Å². The fourth-order valence-corrected chi connectivity index (χ4v) is 4.11. The van der Waals surface area contributed by atoms with Crippen LogP contribution in [-0.2, 0) is 18.3 Å². The normalized spacial score (nSPS) is 11.9. The number of carboxylic acids is 1. The maximum Gasteiger partial charge on any atom is 0.303 e. The summed E-state index contributed by atoms with van der Waals surface area (Å²) < 4.78 is 2.09. The zero-order chi connectivity index (χ0) is 22.1. The summed E-state index contributed by atoms with van der Waals surface area (Å²) in [6, 6.07) is 5.64. The van der Waals surface area contributed by atoms with Crippen molar-refractivity contribution in [1.29, 1.82) is 0 Å². The SMILES string of the molecule is CCC#CCCCCCCc1c(C(=O)C[C@H](C)CC(=O)O)c2cc(Cl)ccc2n1C. The molecule has 2 rings (SSSR count). The standard InChI is InChI=1S/C25H32ClNO3/c1-4-5-6-7-8-9-10-11-12-22-25(23(28)15-18(2)16-24(29)30)20-17-19(26)13-14-21(20)27(22)3/h13-14,17-18H,4,7-12,15-16H2,1-3H3,(H,29,30)/t18-/m0/s1. The van der Waals surface area contributed by atoms with Crippen LogP contribution in [0.25, 0.3) is 10.9 Å². The number of hydrogen-bond donors (Lipinski definition) is 1. The number of halogens is 1. The molecule has 0 aliphatic heterocycles. The average Bonchev–Trinajstić information content (AvgIpc) is 2.94. The number of carboxylic acid groups (broad SMARTS) is 1. The third-order valence-corrected chi connectivity index (χ3v) is 5.62. The predicted octanol–water partition coefficient (Wildman–Crippen LogP) is 6.42. The summed E-state index contributed by atoms with van der Waals surface area (Å²) >= 11 is 6.22. The number of unbranched alkanes of at least 4 members (excludes halogenated alkanes) is 4. The van der Waals surface area contributed by atoms with E-state index in [1.54, 1.807) is 0 Å². The third kappa shape index (κ3) is 6.64. The van der Waals surface area contributed by atoms with E-state index in [-0.39, 0.29) is 24.5 Å². The molecule has 0 amide bonds.